The minimum Gasteiger partial charge on any atom is -0.395 e. The molecule has 76 valence electrons. The van der Waals surface area contributed by atoms with Gasteiger partial charge in [-0.3, -0.25) is 0 Å². The third-order valence-electron chi connectivity index (χ3n) is 2.75. The van der Waals surface area contributed by atoms with E-state index in [2.05, 4.69) is 9.55 Å². The van der Waals surface area contributed by atoms with Crippen molar-refractivity contribution >= 4 is 12.2 Å². The summed E-state index contributed by atoms with van der Waals surface area (Å²) in [6.45, 7) is 2.75. The number of hydrogen-bond donors (Lipinski definition) is 1. The summed E-state index contributed by atoms with van der Waals surface area (Å²) < 4.78 is 2.85. The van der Waals surface area contributed by atoms with Crippen LogP contribution in [0.2, 0.25) is 0 Å². The van der Waals surface area contributed by atoms with E-state index in [-0.39, 0.29) is 6.61 Å². The molecule has 0 fully saturated rings. The highest BCUT2D eigenvalue weighted by molar-refractivity contribution is 7.71. The van der Waals surface area contributed by atoms with E-state index in [1.807, 2.05) is 6.92 Å². The highest BCUT2D eigenvalue weighted by Gasteiger charge is 2.17. The average molecular weight is 210 g/mol. The lowest BCUT2D eigenvalue weighted by molar-refractivity contribution is 0.272. The van der Waals surface area contributed by atoms with Gasteiger partial charge in [-0.25, -0.2) is 4.98 Å². The molecule has 0 radical (unpaired) electrons. The van der Waals surface area contributed by atoms with Crippen LogP contribution in [0.3, 0.4) is 0 Å². The molecule has 1 aromatic heterocycles. The van der Waals surface area contributed by atoms with Crippen molar-refractivity contribution < 1.29 is 5.11 Å². The molecule has 0 aromatic carbocycles. The van der Waals surface area contributed by atoms with Gasteiger partial charge in [-0.1, -0.05) is 12.2 Å². The molecule has 1 aliphatic carbocycles. The Morgan fingerprint density at radius 3 is 3.00 bits per heavy atom. The van der Waals surface area contributed by atoms with Gasteiger partial charge in [0.25, 0.3) is 0 Å². The molecule has 0 saturated heterocycles. The number of hydrogen-bond acceptors (Lipinski definition) is 3. The maximum atomic E-state index is 8.97. The van der Waals surface area contributed by atoms with Gasteiger partial charge in [0.2, 0.25) is 0 Å². The van der Waals surface area contributed by atoms with Crippen LogP contribution in [0, 0.1) is 11.6 Å². The van der Waals surface area contributed by atoms with Crippen molar-refractivity contribution in [3.05, 3.63) is 21.7 Å². The van der Waals surface area contributed by atoms with Crippen molar-refractivity contribution in [2.45, 2.75) is 32.7 Å². The van der Waals surface area contributed by atoms with Gasteiger partial charge in [-0.05, 0) is 26.2 Å². The molecule has 0 amide bonds. The Balaban J connectivity index is 2.59. The number of rotatable bonds is 2. The smallest absolute Gasteiger partial charge is 0.133 e. The predicted molar refractivity (Wildman–Crippen MR) is 56.9 cm³/mol. The topological polar surface area (TPSA) is 38.0 Å². The Bertz CT molecular complexity index is 411. The van der Waals surface area contributed by atoms with E-state index in [0.717, 1.165) is 29.7 Å². The minimum atomic E-state index is 0.163. The van der Waals surface area contributed by atoms with Crippen molar-refractivity contribution in [3.8, 4) is 0 Å². The van der Waals surface area contributed by atoms with E-state index in [0.29, 0.717) is 6.54 Å². The third kappa shape index (κ3) is 1.48. The molecular weight excluding hydrogens is 196 g/mol. The molecule has 1 heterocycles. The van der Waals surface area contributed by atoms with Crippen LogP contribution in [-0.4, -0.2) is 21.3 Å². The highest BCUT2D eigenvalue weighted by atomic mass is 32.1. The van der Waals surface area contributed by atoms with E-state index in [9.17, 15) is 0 Å². The van der Waals surface area contributed by atoms with Gasteiger partial charge in [-0.15, -0.1) is 0 Å². The van der Waals surface area contributed by atoms with Crippen LogP contribution in [0.15, 0.2) is 0 Å². The monoisotopic (exact) mass is 210 g/mol. The van der Waals surface area contributed by atoms with Crippen LogP contribution in [0.5, 0.6) is 0 Å². The SMILES string of the molecule is Cc1nc(=S)c2c(n1CCO)CCC2. The van der Waals surface area contributed by atoms with Crippen molar-refractivity contribution in [1.82, 2.24) is 9.55 Å². The molecular formula is C10H14N2OS. The first-order valence-corrected chi connectivity index (χ1v) is 5.35. The zero-order valence-electron chi connectivity index (χ0n) is 8.29. The lowest BCUT2D eigenvalue weighted by Crippen LogP contribution is -2.14. The molecule has 0 saturated carbocycles. The van der Waals surface area contributed by atoms with Crippen molar-refractivity contribution in [2.75, 3.05) is 6.61 Å². The lowest BCUT2D eigenvalue weighted by Gasteiger charge is -2.14. The van der Waals surface area contributed by atoms with Crippen molar-refractivity contribution in [1.29, 1.82) is 0 Å². The van der Waals surface area contributed by atoms with Crippen LogP contribution in [0.4, 0.5) is 0 Å². The average Bonchev–Trinajstić information content (AvgIpc) is 2.60. The minimum absolute atomic E-state index is 0.163. The zero-order valence-corrected chi connectivity index (χ0v) is 9.10. The Kier molecular flexibility index (Phi) is 2.65. The highest BCUT2D eigenvalue weighted by Crippen LogP contribution is 2.23. The largest absolute Gasteiger partial charge is 0.395 e. The molecule has 0 atom stereocenters. The van der Waals surface area contributed by atoms with Crippen molar-refractivity contribution in [2.24, 2.45) is 0 Å². The second-order valence-corrected chi connectivity index (χ2v) is 4.00. The second kappa shape index (κ2) is 3.79. The number of fused-ring (bicyclic) bond motifs is 1. The van der Waals surface area contributed by atoms with Crippen LogP contribution in [0.1, 0.15) is 23.5 Å². The van der Waals surface area contributed by atoms with Gasteiger partial charge < -0.3 is 9.67 Å². The Morgan fingerprint density at radius 1 is 1.50 bits per heavy atom. The van der Waals surface area contributed by atoms with Gasteiger partial charge >= 0.3 is 0 Å². The van der Waals surface area contributed by atoms with E-state index in [1.165, 1.54) is 11.3 Å². The summed E-state index contributed by atoms with van der Waals surface area (Å²) in [4.78, 5) is 4.33. The summed E-state index contributed by atoms with van der Waals surface area (Å²) in [6.07, 6.45) is 3.28. The summed E-state index contributed by atoms with van der Waals surface area (Å²) >= 11 is 5.22. The fraction of sp³-hybridized carbons (Fsp3) is 0.600. The zero-order chi connectivity index (χ0) is 10.1. The molecule has 1 N–H and O–H groups in total. The summed E-state index contributed by atoms with van der Waals surface area (Å²) in [5.74, 6) is 0.921. The quantitative estimate of drug-likeness (QED) is 0.750. The Hall–Kier alpha value is -0.740. The number of aliphatic hydroxyl groups excluding tert-OH is 1. The van der Waals surface area contributed by atoms with Crippen LogP contribution < -0.4 is 0 Å². The fourth-order valence-electron chi connectivity index (χ4n) is 2.12. The van der Waals surface area contributed by atoms with Gasteiger partial charge in [0, 0.05) is 17.8 Å². The summed E-state index contributed by atoms with van der Waals surface area (Å²) in [5.41, 5.74) is 2.51. The maximum Gasteiger partial charge on any atom is 0.133 e. The van der Waals surface area contributed by atoms with Gasteiger partial charge in [-0.2, -0.15) is 0 Å². The molecule has 0 bridgehead atoms. The van der Waals surface area contributed by atoms with Gasteiger partial charge in [0.1, 0.15) is 10.5 Å². The maximum absolute atomic E-state index is 8.97. The molecule has 1 aromatic rings. The predicted octanol–water partition coefficient (Wildman–Crippen LogP) is 1.40. The first kappa shape index (κ1) is 9.80. The second-order valence-electron chi connectivity index (χ2n) is 3.62. The molecule has 0 unspecified atom stereocenters. The van der Waals surface area contributed by atoms with E-state index in [1.54, 1.807) is 0 Å². The molecule has 3 nitrogen and oxygen atoms in total. The summed E-state index contributed by atoms with van der Waals surface area (Å²) in [5, 5.41) is 8.97. The molecule has 14 heavy (non-hydrogen) atoms. The van der Waals surface area contributed by atoms with Gasteiger partial charge in [0.05, 0.1) is 6.61 Å². The van der Waals surface area contributed by atoms with Gasteiger partial charge in [0.15, 0.2) is 0 Å². The summed E-state index contributed by atoms with van der Waals surface area (Å²) in [7, 11) is 0. The normalized spacial score (nSPS) is 14.4. The standard InChI is InChI=1S/C10H14N2OS/c1-7-11-10(14)8-3-2-4-9(8)12(7)5-6-13/h13H,2-6H2,1H3. The molecule has 0 spiro atoms. The van der Waals surface area contributed by atoms with E-state index < -0.39 is 0 Å². The van der Waals surface area contributed by atoms with Crippen molar-refractivity contribution in [3.63, 3.8) is 0 Å². The number of aliphatic hydroxyl groups is 1. The van der Waals surface area contributed by atoms with Crippen LogP contribution in [-0.2, 0) is 19.4 Å². The van der Waals surface area contributed by atoms with Crippen LogP contribution >= 0.6 is 12.2 Å². The lowest BCUT2D eigenvalue weighted by atomic mass is 10.2. The van der Waals surface area contributed by atoms with Crippen LogP contribution in [0.25, 0.3) is 0 Å². The molecule has 1 aliphatic rings. The number of aromatic nitrogens is 2. The number of nitrogens with zero attached hydrogens (tertiary/aromatic N) is 2. The van der Waals surface area contributed by atoms with E-state index in [4.69, 9.17) is 17.3 Å². The first-order chi connectivity index (χ1) is 6.74. The molecule has 2 rings (SSSR count). The van der Waals surface area contributed by atoms with E-state index >= 15 is 0 Å². The molecule has 4 heteroatoms. The molecule has 0 aliphatic heterocycles. The Labute approximate surface area is 88.4 Å². The Morgan fingerprint density at radius 2 is 2.29 bits per heavy atom. The summed E-state index contributed by atoms with van der Waals surface area (Å²) in [6, 6.07) is 0. The third-order valence-corrected chi connectivity index (χ3v) is 3.09. The first-order valence-electron chi connectivity index (χ1n) is 4.94. The number of aryl methyl sites for hydroxylation is 1. The fourth-order valence-corrected chi connectivity index (χ4v) is 2.47.